The molecular weight excluding hydrogens is 438 g/mol. The quantitative estimate of drug-likeness (QED) is 0.287. The fourth-order valence-electron chi connectivity index (χ4n) is 4.08. The minimum atomic E-state index is -0.254. The van der Waals surface area contributed by atoms with Crippen LogP contribution in [0.3, 0.4) is 0 Å². The number of hydrogen-bond donors (Lipinski definition) is 1. The van der Waals surface area contributed by atoms with E-state index in [9.17, 15) is 0 Å². The van der Waals surface area contributed by atoms with E-state index >= 15 is 0 Å². The van der Waals surface area contributed by atoms with Gasteiger partial charge in [0.1, 0.15) is 5.75 Å². The normalized spacial score (nSPS) is 12.9. The van der Waals surface area contributed by atoms with Gasteiger partial charge in [-0.05, 0) is 49.1 Å². The third-order valence-corrected chi connectivity index (χ3v) is 7.42. The van der Waals surface area contributed by atoms with E-state index in [0.29, 0.717) is 5.92 Å². The van der Waals surface area contributed by atoms with Gasteiger partial charge < -0.3 is 10.1 Å². The molecule has 1 unspecified atom stereocenters. The summed E-state index contributed by atoms with van der Waals surface area (Å²) in [7, 11) is 1.66. The summed E-state index contributed by atoms with van der Waals surface area (Å²) in [6.45, 7) is 13.2. The minimum absolute atomic E-state index is 0.254. The van der Waals surface area contributed by atoms with E-state index in [0.717, 1.165) is 44.5 Å². The van der Waals surface area contributed by atoms with E-state index in [2.05, 4.69) is 96.5 Å². The van der Waals surface area contributed by atoms with Crippen LogP contribution >= 0.6 is 11.3 Å². The van der Waals surface area contributed by atoms with Gasteiger partial charge in [0.2, 0.25) is 0 Å². The highest BCUT2D eigenvalue weighted by Crippen LogP contribution is 2.39. The Morgan fingerprint density at radius 3 is 2.26 bits per heavy atom. The van der Waals surface area contributed by atoms with E-state index in [1.165, 1.54) is 5.56 Å². The number of nitrogens with zero attached hydrogens (tertiary/aromatic N) is 2. The van der Waals surface area contributed by atoms with Crippen LogP contribution in [0.5, 0.6) is 5.75 Å². The van der Waals surface area contributed by atoms with Gasteiger partial charge >= 0.3 is 0 Å². The Kier molecular flexibility index (Phi) is 6.85. The molecule has 4 nitrogen and oxygen atoms in total. The molecule has 2 heterocycles. The lowest BCUT2D eigenvalue weighted by Crippen LogP contribution is -2.34. The number of nitrogens with one attached hydrogen (secondary N) is 1. The molecule has 4 aromatic rings. The maximum atomic E-state index is 5.32. The summed E-state index contributed by atoms with van der Waals surface area (Å²) < 4.78 is 5.32. The monoisotopic (exact) mass is 469 g/mol. The second kappa shape index (κ2) is 9.82. The Labute approximate surface area is 206 Å². The summed E-state index contributed by atoms with van der Waals surface area (Å²) in [6, 6.07) is 19.1. The SMILES string of the molecule is C=C(Nc1ccc(-c2csc(C)n2)cc1)C(C)(c1ccc(-c2cncc(OC)c2)cc1)C(C)C. The largest absolute Gasteiger partial charge is 0.495 e. The number of aromatic nitrogens is 2. The number of pyridine rings is 1. The predicted octanol–water partition coefficient (Wildman–Crippen LogP) is 7.73. The number of thiazole rings is 1. The number of methoxy groups -OCH3 is 1. The van der Waals surface area contributed by atoms with E-state index in [4.69, 9.17) is 4.74 Å². The van der Waals surface area contributed by atoms with Crippen molar-refractivity contribution in [1.29, 1.82) is 0 Å². The fraction of sp³-hybridized carbons (Fsp3) is 0.241. The Morgan fingerprint density at radius 1 is 1.00 bits per heavy atom. The average molecular weight is 470 g/mol. The summed E-state index contributed by atoms with van der Waals surface area (Å²) in [4.78, 5) is 8.86. The molecule has 0 amide bonds. The molecule has 0 saturated carbocycles. The van der Waals surface area contributed by atoms with E-state index in [-0.39, 0.29) is 5.41 Å². The molecule has 1 N–H and O–H groups in total. The van der Waals surface area contributed by atoms with Crippen LogP contribution in [0.15, 0.2) is 84.6 Å². The second-order valence-corrected chi connectivity index (χ2v) is 10.0. The van der Waals surface area contributed by atoms with Gasteiger partial charge in [-0.3, -0.25) is 4.98 Å². The van der Waals surface area contributed by atoms with Gasteiger partial charge in [0.25, 0.3) is 0 Å². The van der Waals surface area contributed by atoms with Crippen LogP contribution in [0.2, 0.25) is 0 Å². The Bertz CT molecular complexity index is 1280. The summed E-state index contributed by atoms with van der Waals surface area (Å²) in [6.07, 6.45) is 3.57. The Morgan fingerprint density at radius 2 is 1.68 bits per heavy atom. The molecule has 0 bridgehead atoms. The molecule has 2 aromatic heterocycles. The molecule has 2 aromatic carbocycles. The first-order chi connectivity index (χ1) is 16.3. The van der Waals surface area contributed by atoms with Crippen LogP contribution in [0.4, 0.5) is 5.69 Å². The van der Waals surface area contributed by atoms with Crippen molar-refractivity contribution in [2.45, 2.75) is 33.1 Å². The number of rotatable bonds is 8. The molecule has 0 aliphatic carbocycles. The molecule has 34 heavy (non-hydrogen) atoms. The van der Waals surface area contributed by atoms with Crippen molar-refractivity contribution in [2.24, 2.45) is 5.92 Å². The summed E-state index contributed by atoms with van der Waals surface area (Å²) >= 11 is 1.67. The highest BCUT2D eigenvalue weighted by atomic mass is 32.1. The van der Waals surface area contributed by atoms with Gasteiger partial charge in [0.15, 0.2) is 0 Å². The number of hydrogen-bond acceptors (Lipinski definition) is 5. The van der Waals surface area contributed by atoms with Crippen molar-refractivity contribution in [1.82, 2.24) is 9.97 Å². The van der Waals surface area contributed by atoms with Gasteiger partial charge in [-0.15, -0.1) is 11.3 Å². The van der Waals surface area contributed by atoms with Crippen molar-refractivity contribution in [3.05, 3.63) is 95.2 Å². The lowest BCUT2D eigenvalue weighted by Gasteiger charge is -2.37. The molecule has 0 aliphatic rings. The molecule has 0 radical (unpaired) electrons. The third kappa shape index (κ3) is 4.75. The van der Waals surface area contributed by atoms with Crippen molar-refractivity contribution < 1.29 is 4.74 Å². The molecule has 0 saturated heterocycles. The van der Waals surface area contributed by atoms with Crippen LogP contribution in [0.25, 0.3) is 22.4 Å². The van der Waals surface area contributed by atoms with Crippen molar-refractivity contribution in [3.63, 3.8) is 0 Å². The van der Waals surface area contributed by atoms with Crippen molar-refractivity contribution in [2.75, 3.05) is 12.4 Å². The van der Waals surface area contributed by atoms with Crippen molar-refractivity contribution >= 4 is 17.0 Å². The zero-order valence-electron chi connectivity index (χ0n) is 20.4. The highest BCUT2D eigenvalue weighted by molar-refractivity contribution is 7.09. The zero-order chi connectivity index (χ0) is 24.3. The number of aryl methyl sites for hydroxylation is 1. The van der Waals surface area contributed by atoms with Crippen LogP contribution in [0, 0.1) is 12.8 Å². The van der Waals surface area contributed by atoms with Crippen LogP contribution < -0.4 is 10.1 Å². The van der Waals surface area contributed by atoms with Crippen LogP contribution in [-0.2, 0) is 5.41 Å². The van der Waals surface area contributed by atoms with E-state index in [1.807, 2.05) is 19.2 Å². The van der Waals surface area contributed by atoms with Gasteiger partial charge in [-0.1, -0.05) is 56.8 Å². The molecule has 0 fully saturated rings. The maximum absolute atomic E-state index is 5.32. The summed E-state index contributed by atoms with van der Waals surface area (Å²) in [5, 5.41) is 6.74. The standard InChI is InChI=1S/C29H31N3OS/c1-19(2)29(5,25-11-7-22(8-12-25)24-15-27(33-6)17-30-16-24)20(3)31-26-13-9-23(10-14-26)28-18-34-21(4)32-28/h7-19,31H,3H2,1-2,4-6H3. The molecule has 0 aliphatic heterocycles. The molecule has 4 rings (SSSR count). The number of anilines is 1. The van der Waals surface area contributed by atoms with Gasteiger partial charge in [0, 0.05) is 39.5 Å². The second-order valence-electron chi connectivity index (χ2n) is 8.98. The third-order valence-electron chi connectivity index (χ3n) is 6.64. The van der Waals surface area contributed by atoms with Gasteiger partial charge in [-0.25, -0.2) is 4.98 Å². The van der Waals surface area contributed by atoms with Gasteiger partial charge in [0.05, 0.1) is 24.0 Å². The van der Waals surface area contributed by atoms with Crippen LogP contribution in [-0.4, -0.2) is 17.1 Å². The van der Waals surface area contributed by atoms with E-state index < -0.39 is 0 Å². The van der Waals surface area contributed by atoms with Crippen LogP contribution in [0.1, 0.15) is 31.3 Å². The first-order valence-corrected chi connectivity index (χ1v) is 12.3. The van der Waals surface area contributed by atoms with Crippen molar-refractivity contribution in [3.8, 4) is 28.1 Å². The first kappa shape index (κ1) is 23.7. The highest BCUT2D eigenvalue weighted by Gasteiger charge is 2.34. The summed E-state index contributed by atoms with van der Waals surface area (Å²) in [5.41, 5.74) is 7.23. The number of benzene rings is 2. The Hall–Kier alpha value is -3.44. The first-order valence-electron chi connectivity index (χ1n) is 11.4. The topological polar surface area (TPSA) is 47.0 Å². The molecule has 0 spiro atoms. The van der Waals surface area contributed by atoms with E-state index in [1.54, 1.807) is 24.6 Å². The number of ether oxygens (including phenoxy) is 1. The predicted molar refractivity (Wildman–Crippen MR) is 143 cm³/mol. The lowest BCUT2D eigenvalue weighted by molar-refractivity contribution is 0.400. The fourth-order valence-corrected chi connectivity index (χ4v) is 4.70. The van der Waals surface area contributed by atoms with Gasteiger partial charge in [-0.2, -0.15) is 0 Å². The Balaban J connectivity index is 1.55. The average Bonchev–Trinajstić information content (AvgIpc) is 3.30. The molecule has 174 valence electrons. The minimum Gasteiger partial charge on any atom is -0.495 e. The smallest absolute Gasteiger partial charge is 0.137 e. The molecule has 5 heteroatoms. The lowest BCUT2D eigenvalue weighted by atomic mass is 9.71. The number of allylic oxidation sites excluding steroid dienone is 1. The molecule has 1 atom stereocenters. The molecular formula is C29H31N3OS. The maximum Gasteiger partial charge on any atom is 0.137 e. The summed E-state index contributed by atoms with van der Waals surface area (Å²) in [5.74, 6) is 1.09. The zero-order valence-corrected chi connectivity index (χ0v) is 21.2.